The summed E-state index contributed by atoms with van der Waals surface area (Å²) in [6, 6.07) is 11.2. The number of piperazine rings is 1. The third kappa shape index (κ3) is 6.56. The second kappa shape index (κ2) is 12.9. The minimum atomic E-state index is -4.26. The Morgan fingerprint density at radius 1 is 1.15 bits per heavy atom. The number of anilines is 1. The Morgan fingerprint density at radius 3 is 2.66 bits per heavy atom. The smallest absolute Gasteiger partial charge is 0.367 e. The molecule has 7 rings (SSSR count). The van der Waals surface area contributed by atoms with E-state index < -0.39 is 23.6 Å². The minimum absolute atomic E-state index is 0.171. The van der Waals surface area contributed by atoms with Crippen LogP contribution in [-0.4, -0.2) is 89.9 Å². The van der Waals surface area contributed by atoms with Gasteiger partial charge in [-0.15, -0.1) is 11.3 Å². The van der Waals surface area contributed by atoms with Crippen molar-refractivity contribution >= 4 is 49.3 Å². The number of thiophene rings is 1. The summed E-state index contributed by atoms with van der Waals surface area (Å²) >= 11 is 1.07. The predicted octanol–water partition coefficient (Wildman–Crippen LogP) is 5.57. The quantitative estimate of drug-likeness (QED) is 0.234. The van der Waals surface area contributed by atoms with Crippen LogP contribution in [0.3, 0.4) is 0 Å². The number of alkyl halides is 3. The SMILES string of the molecule is C=CS(=O)N1CC2CC1CN2CCn1c(C#N)cc2c(C)c(CN3CCC(Nc4ncnc5sc(CC(F)(F)F)cc45)CC3)ccc21. The number of aryl methyl sites for hydroxylation is 1. The van der Waals surface area contributed by atoms with Crippen LogP contribution in [0.1, 0.15) is 41.0 Å². The van der Waals surface area contributed by atoms with Crippen molar-refractivity contribution in [3.63, 3.8) is 0 Å². The number of rotatable bonds is 10. The first-order valence-electron chi connectivity index (χ1n) is 15.9. The summed E-state index contributed by atoms with van der Waals surface area (Å²) in [6.45, 7) is 11.7. The van der Waals surface area contributed by atoms with Gasteiger partial charge in [0, 0.05) is 85.1 Å². The third-order valence-electron chi connectivity index (χ3n) is 9.95. The largest absolute Gasteiger partial charge is 0.393 e. The van der Waals surface area contributed by atoms with Gasteiger partial charge in [0.05, 0.1) is 11.8 Å². The van der Waals surface area contributed by atoms with Gasteiger partial charge in [-0.25, -0.2) is 18.5 Å². The molecule has 2 bridgehead atoms. The number of hydrogen-bond donors (Lipinski definition) is 1. The Labute approximate surface area is 278 Å². The van der Waals surface area contributed by atoms with Gasteiger partial charge in [0.25, 0.3) is 0 Å². The topological polar surface area (TPSA) is 93.3 Å². The van der Waals surface area contributed by atoms with Gasteiger partial charge in [0.2, 0.25) is 0 Å². The summed E-state index contributed by atoms with van der Waals surface area (Å²) in [5.41, 5.74) is 4.18. The fourth-order valence-corrected chi connectivity index (χ4v) is 9.52. The maximum atomic E-state index is 12.9. The summed E-state index contributed by atoms with van der Waals surface area (Å²) in [4.78, 5) is 14.3. The number of nitrogens with zero attached hydrogens (tertiary/aromatic N) is 7. The van der Waals surface area contributed by atoms with Gasteiger partial charge >= 0.3 is 6.18 Å². The molecule has 1 N–H and O–H groups in total. The average molecular weight is 683 g/mol. The van der Waals surface area contributed by atoms with Crippen LogP contribution in [0.15, 0.2) is 42.6 Å². The fourth-order valence-electron chi connectivity index (χ4n) is 7.53. The lowest BCUT2D eigenvalue weighted by Crippen LogP contribution is -2.47. The van der Waals surface area contributed by atoms with E-state index in [0.29, 0.717) is 33.8 Å². The number of nitrogens with one attached hydrogen (secondary N) is 1. The van der Waals surface area contributed by atoms with E-state index >= 15 is 0 Å². The van der Waals surface area contributed by atoms with Crippen LogP contribution in [0.4, 0.5) is 19.0 Å². The van der Waals surface area contributed by atoms with E-state index in [1.165, 1.54) is 22.9 Å². The molecule has 0 amide bonds. The van der Waals surface area contributed by atoms with Crippen LogP contribution in [0, 0.1) is 18.3 Å². The first-order chi connectivity index (χ1) is 22.6. The monoisotopic (exact) mass is 682 g/mol. The van der Waals surface area contributed by atoms with E-state index in [-0.39, 0.29) is 10.9 Å². The Morgan fingerprint density at radius 2 is 1.96 bits per heavy atom. The van der Waals surface area contributed by atoms with Gasteiger partial charge in [-0.2, -0.15) is 18.4 Å². The number of halogens is 3. The van der Waals surface area contributed by atoms with E-state index in [1.54, 1.807) is 6.07 Å². The molecule has 0 spiro atoms. The second-order valence-corrected chi connectivity index (χ2v) is 15.3. The molecule has 1 aromatic carbocycles. The number of aromatic nitrogens is 3. The molecule has 9 nitrogen and oxygen atoms in total. The maximum absolute atomic E-state index is 12.9. The number of piperidine rings is 1. The first kappa shape index (κ1) is 32.2. The van der Waals surface area contributed by atoms with Crippen LogP contribution >= 0.6 is 11.3 Å². The first-order valence-corrected chi connectivity index (χ1v) is 17.9. The molecular formula is C33H37F3N8OS2. The highest BCUT2D eigenvalue weighted by Crippen LogP contribution is 2.35. The number of hydrogen-bond acceptors (Lipinski definition) is 8. The summed E-state index contributed by atoms with van der Waals surface area (Å²) in [7, 11) is -1.12. The van der Waals surface area contributed by atoms with Crippen molar-refractivity contribution in [3.05, 3.63) is 64.3 Å². The lowest BCUT2D eigenvalue weighted by Gasteiger charge is -2.33. The highest BCUT2D eigenvalue weighted by Gasteiger charge is 2.44. The molecular weight excluding hydrogens is 646 g/mol. The van der Waals surface area contributed by atoms with Gasteiger partial charge in [0.15, 0.2) is 0 Å². The number of fused-ring (bicyclic) bond motifs is 4. The molecule has 3 atom stereocenters. The standard InChI is InChI=1S/C33H37F3N8OS2/c1-3-47(45)44-19-25-12-26(44)18-42(25)10-11-43-24(16-37)13-28-21(2)22(4-5-30(28)43)17-41-8-6-23(7-9-41)40-31-29-14-27(15-33(34,35)36)46-32(29)39-20-38-31/h3-5,13-14,20,23,25-26H,1,6-12,15,17-19H2,2H3,(H,38,39,40). The van der Waals surface area contributed by atoms with Crippen molar-refractivity contribution in [2.45, 2.75) is 70.0 Å². The molecule has 4 aromatic rings. The van der Waals surface area contributed by atoms with Gasteiger partial charge in [-0.3, -0.25) is 9.80 Å². The molecule has 47 heavy (non-hydrogen) atoms. The Kier molecular flexibility index (Phi) is 8.86. The van der Waals surface area contributed by atoms with Crippen LogP contribution in [0.25, 0.3) is 21.1 Å². The van der Waals surface area contributed by atoms with Crippen LogP contribution < -0.4 is 5.32 Å². The molecule has 3 saturated heterocycles. The lowest BCUT2D eigenvalue weighted by molar-refractivity contribution is -0.126. The van der Waals surface area contributed by atoms with E-state index in [1.807, 2.05) is 10.4 Å². The Hall–Kier alpha value is -3.35. The van der Waals surface area contributed by atoms with Gasteiger partial charge < -0.3 is 9.88 Å². The van der Waals surface area contributed by atoms with E-state index in [4.69, 9.17) is 0 Å². The van der Waals surface area contributed by atoms with E-state index in [9.17, 15) is 22.6 Å². The molecule has 14 heteroatoms. The molecule has 3 aliphatic heterocycles. The lowest BCUT2D eigenvalue weighted by atomic mass is 10.0. The van der Waals surface area contributed by atoms with Crippen molar-refractivity contribution in [2.24, 2.45) is 0 Å². The molecule has 3 unspecified atom stereocenters. The summed E-state index contributed by atoms with van der Waals surface area (Å²) in [5, 5.41) is 16.7. The van der Waals surface area contributed by atoms with Gasteiger partial charge in [-0.05, 0) is 55.5 Å². The van der Waals surface area contributed by atoms with Crippen molar-refractivity contribution in [3.8, 4) is 6.07 Å². The highest BCUT2D eigenvalue weighted by atomic mass is 32.2. The van der Waals surface area contributed by atoms with Crippen LogP contribution in [0.5, 0.6) is 0 Å². The fraction of sp³-hybridized carbons (Fsp3) is 0.485. The minimum Gasteiger partial charge on any atom is -0.367 e. The normalized spacial score (nSPS) is 21.9. The van der Waals surface area contributed by atoms with E-state index in [0.717, 1.165) is 87.3 Å². The molecule has 3 aliphatic rings. The second-order valence-electron chi connectivity index (χ2n) is 12.8. The molecule has 248 valence electrons. The third-order valence-corrected chi connectivity index (χ3v) is 12.2. The van der Waals surface area contributed by atoms with Crippen molar-refractivity contribution in [2.75, 3.05) is 38.0 Å². The Balaban J connectivity index is 0.971. The molecule has 0 saturated carbocycles. The molecule has 3 aromatic heterocycles. The van der Waals surface area contributed by atoms with E-state index in [2.05, 4.69) is 61.4 Å². The molecule has 0 aliphatic carbocycles. The van der Waals surface area contributed by atoms with Gasteiger partial charge in [0.1, 0.15) is 39.7 Å². The highest BCUT2D eigenvalue weighted by molar-refractivity contribution is 7.85. The zero-order valence-electron chi connectivity index (χ0n) is 26.2. The summed E-state index contributed by atoms with van der Waals surface area (Å²) < 4.78 is 55.3. The number of nitriles is 1. The maximum Gasteiger partial charge on any atom is 0.393 e. The van der Waals surface area contributed by atoms with Crippen molar-refractivity contribution < 1.29 is 17.4 Å². The molecule has 3 fully saturated rings. The number of benzene rings is 1. The zero-order valence-corrected chi connectivity index (χ0v) is 27.8. The van der Waals surface area contributed by atoms with Crippen molar-refractivity contribution in [1.29, 1.82) is 5.26 Å². The van der Waals surface area contributed by atoms with Crippen molar-refractivity contribution in [1.82, 2.24) is 28.6 Å². The zero-order chi connectivity index (χ0) is 32.9. The summed E-state index contributed by atoms with van der Waals surface area (Å²) in [6.07, 6.45) is -0.998. The Bertz CT molecular complexity index is 1870. The van der Waals surface area contributed by atoms with Gasteiger partial charge in [-0.1, -0.05) is 12.6 Å². The molecule has 6 heterocycles. The molecule has 0 radical (unpaired) electrons. The summed E-state index contributed by atoms with van der Waals surface area (Å²) in [5.74, 6) is 0.598. The average Bonchev–Trinajstić information content (AvgIpc) is 3.83. The predicted molar refractivity (Wildman–Crippen MR) is 179 cm³/mol. The number of likely N-dealkylation sites (tertiary alicyclic amines) is 2. The van der Waals surface area contributed by atoms with Crippen LogP contribution in [-0.2, 0) is 30.5 Å². The van der Waals surface area contributed by atoms with Crippen LogP contribution in [0.2, 0.25) is 0 Å².